The van der Waals surface area contributed by atoms with Crippen LogP contribution in [0, 0.1) is 11.3 Å². The molecule has 0 heterocycles. The molecule has 0 radical (unpaired) electrons. The van der Waals surface area contributed by atoms with E-state index in [1.54, 1.807) is 14.2 Å². The molecule has 0 amide bonds. The zero-order chi connectivity index (χ0) is 30.7. The minimum absolute atomic E-state index is 0.645. The maximum Gasteiger partial charge on any atom is 0.120 e. The third kappa shape index (κ3) is 3.20. The fourth-order valence-electron chi connectivity index (χ4n) is 8.11. The van der Waals surface area contributed by atoms with E-state index in [0.717, 1.165) is 38.8 Å². The lowest BCUT2D eigenvalue weighted by atomic mass is 9.89. The molecular weight excluding hydrogens is 562 g/mol. The van der Waals surface area contributed by atoms with Crippen molar-refractivity contribution >= 4 is 86.2 Å². The number of hydrogen-bond acceptors (Lipinski definition) is 3. The van der Waals surface area contributed by atoms with Gasteiger partial charge in [0.2, 0.25) is 0 Å². The lowest BCUT2D eigenvalue weighted by Gasteiger charge is -2.14. The predicted molar refractivity (Wildman–Crippen MR) is 192 cm³/mol. The highest BCUT2D eigenvalue weighted by Crippen LogP contribution is 2.50. The van der Waals surface area contributed by atoms with Gasteiger partial charge in [-0.05, 0) is 158 Å². The molecule has 10 aromatic rings. The molecule has 3 nitrogen and oxygen atoms in total. The van der Waals surface area contributed by atoms with Crippen LogP contribution in [0.2, 0.25) is 0 Å². The third-order valence-electron chi connectivity index (χ3n) is 10.1. The molecule has 0 fully saturated rings. The molecule has 0 aromatic heterocycles. The van der Waals surface area contributed by atoms with E-state index in [4.69, 9.17) is 9.47 Å². The first-order valence-corrected chi connectivity index (χ1v) is 15.5. The summed E-state index contributed by atoms with van der Waals surface area (Å²) in [5.74, 6) is 1.63. The van der Waals surface area contributed by atoms with E-state index in [1.807, 2.05) is 12.1 Å². The van der Waals surface area contributed by atoms with Gasteiger partial charge in [-0.1, -0.05) is 54.6 Å². The highest BCUT2D eigenvalue weighted by atomic mass is 16.5. The van der Waals surface area contributed by atoms with E-state index in [9.17, 15) is 5.26 Å². The van der Waals surface area contributed by atoms with Gasteiger partial charge in [-0.15, -0.1) is 0 Å². The Labute approximate surface area is 264 Å². The van der Waals surface area contributed by atoms with Crippen molar-refractivity contribution in [2.24, 2.45) is 0 Å². The van der Waals surface area contributed by atoms with Gasteiger partial charge in [0.25, 0.3) is 0 Å². The van der Waals surface area contributed by atoms with Crippen LogP contribution in [0.4, 0.5) is 0 Å². The molecule has 0 atom stereocenters. The SMILES string of the molecule is COc1cc2cc(OC)cc3c4c(-c5ccc(C#N)cc5)c5cc6cc7c8ccccc8c8cccc(c6cc5cc4c(c1)c23)c87. The molecule has 10 rings (SSSR count). The summed E-state index contributed by atoms with van der Waals surface area (Å²) >= 11 is 0. The number of nitrogens with zero attached hydrogens (tertiary/aromatic N) is 1. The van der Waals surface area contributed by atoms with Crippen LogP contribution in [0.5, 0.6) is 11.5 Å². The van der Waals surface area contributed by atoms with Crippen molar-refractivity contribution in [3.8, 4) is 28.7 Å². The maximum atomic E-state index is 9.61. The number of hydrogen-bond donors (Lipinski definition) is 0. The molecule has 214 valence electrons. The summed E-state index contributed by atoms with van der Waals surface area (Å²) in [6.45, 7) is 0. The second-order valence-corrected chi connectivity index (χ2v) is 12.3. The van der Waals surface area contributed by atoms with Crippen LogP contribution < -0.4 is 9.47 Å². The summed E-state index contributed by atoms with van der Waals surface area (Å²) in [6, 6.07) is 43.7. The second-order valence-electron chi connectivity index (χ2n) is 12.3. The fourth-order valence-corrected chi connectivity index (χ4v) is 8.11. The van der Waals surface area contributed by atoms with Crippen LogP contribution in [0.1, 0.15) is 5.56 Å². The van der Waals surface area contributed by atoms with Crippen LogP contribution in [0.25, 0.3) is 97.3 Å². The Bertz CT molecular complexity index is 2930. The lowest BCUT2D eigenvalue weighted by molar-refractivity contribution is 0.414. The summed E-state index contributed by atoms with van der Waals surface area (Å²) < 4.78 is 11.6. The minimum Gasteiger partial charge on any atom is -0.497 e. The smallest absolute Gasteiger partial charge is 0.120 e. The molecule has 0 saturated heterocycles. The quantitative estimate of drug-likeness (QED) is 0.153. The van der Waals surface area contributed by atoms with Gasteiger partial charge in [-0.25, -0.2) is 0 Å². The van der Waals surface area contributed by atoms with Gasteiger partial charge in [-0.2, -0.15) is 5.26 Å². The summed E-state index contributed by atoms with van der Waals surface area (Å²) in [5.41, 5.74) is 2.88. The average Bonchev–Trinajstić information content (AvgIpc) is 3.60. The Kier molecular flexibility index (Phi) is 4.92. The maximum absolute atomic E-state index is 9.61. The van der Waals surface area contributed by atoms with Gasteiger partial charge >= 0.3 is 0 Å². The Morgan fingerprint density at radius 2 is 0.978 bits per heavy atom. The van der Waals surface area contributed by atoms with E-state index in [1.165, 1.54) is 70.0 Å². The van der Waals surface area contributed by atoms with Gasteiger partial charge in [0.15, 0.2) is 0 Å². The molecule has 0 aliphatic rings. The van der Waals surface area contributed by atoms with Crippen LogP contribution in [-0.2, 0) is 0 Å². The van der Waals surface area contributed by atoms with Crippen LogP contribution >= 0.6 is 0 Å². The lowest BCUT2D eigenvalue weighted by Crippen LogP contribution is -1.87. The standard InChI is InChI=1S/C43H25NO2/c1-45-28-14-27-15-29(46-2)21-39-40(27)38(20-28)37-19-26-16-34-25(17-35(26)41(43(37)39)24-12-10-23(22-44)11-13-24)18-36-31-7-4-3-6-30(31)32-8-5-9-33(34)42(32)36/h3-21H,1-2H3. The molecule has 3 heteroatoms. The Morgan fingerprint density at radius 1 is 0.435 bits per heavy atom. The highest BCUT2D eigenvalue weighted by Gasteiger charge is 2.22. The average molecular weight is 588 g/mol. The van der Waals surface area contributed by atoms with Gasteiger partial charge in [0.1, 0.15) is 11.5 Å². The third-order valence-corrected chi connectivity index (χ3v) is 10.1. The van der Waals surface area contributed by atoms with E-state index >= 15 is 0 Å². The zero-order valence-corrected chi connectivity index (χ0v) is 25.2. The Morgan fingerprint density at radius 3 is 1.67 bits per heavy atom. The number of methoxy groups -OCH3 is 2. The summed E-state index contributed by atoms with van der Waals surface area (Å²) in [7, 11) is 3.44. The van der Waals surface area contributed by atoms with Gasteiger partial charge in [0.05, 0.1) is 25.9 Å². The number of nitriles is 1. The van der Waals surface area contributed by atoms with E-state index in [0.29, 0.717) is 5.56 Å². The van der Waals surface area contributed by atoms with Crippen molar-refractivity contribution in [2.45, 2.75) is 0 Å². The number of rotatable bonds is 3. The molecule has 0 bridgehead atoms. The first-order chi connectivity index (χ1) is 22.6. The van der Waals surface area contributed by atoms with Crippen molar-refractivity contribution in [1.82, 2.24) is 0 Å². The molecule has 10 aromatic carbocycles. The van der Waals surface area contributed by atoms with Crippen molar-refractivity contribution in [2.75, 3.05) is 14.2 Å². The molecule has 0 aliphatic heterocycles. The molecule has 0 spiro atoms. The summed E-state index contributed by atoms with van der Waals surface area (Å²) in [6.07, 6.45) is 0. The van der Waals surface area contributed by atoms with Gasteiger partial charge in [-0.3, -0.25) is 0 Å². The molecule has 0 unspecified atom stereocenters. The minimum atomic E-state index is 0.645. The van der Waals surface area contributed by atoms with Gasteiger partial charge in [0, 0.05) is 0 Å². The number of benzene rings is 8. The van der Waals surface area contributed by atoms with E-state index in [-0.39, 0.29) is 0 Å². The predicted octanol–water partition coefficient (Wildman–Crippen LogP) is 11.3. The number of fused-ring (bicyclic) bond motifs is 9. The first-order valence-electron chi connectivity index (χ1n) is 15.5. The van der Waals surface area contributed by atoms with Crippen LogP contribution in [-0.4, -0.2) is 14.2 Å². The summed E-state index contributed by atoms with van der Waals surface area (Å²) in [4.78, 5) is 0. The normalized spacial score (nSPS) is 12.1. The first kappa shape index (κ1) is 25.2. The highest BCUT2D eigenvalue weighted by molar-refractivity contribution is 6.38. The number of ether oxygens (including phenoxy) is 2. The largest absolute Gasteiger partial charge is 0.497 e. The Balaban J connectivity index is 1.45. The molecular formula is C43H25NO2. The molecule has 46 heavy (non-hydrogen) atoms. The van der Waals surface area contributed by atoms with Crippen molar-refractivity contribution < 1.29 is 9.47 Å². The molecule has 0 saturated carbocycles. The zero-order valence-electron chi connectivity index (χ0n) is 25.2. The molecule has 0 aliphatic carbocycles. The van der Waals surface area contributed by atoms with Crippen LogP contribution in [0.3, 0.4) is 0 Å². The van der Waals surface area contributed by atoms with Crippen molar-refractivity contribution in [1.29, 1.82) is 5.26 Å². The van der Waals surface area contributed by atoms with E-state index < -0.39 is 0 Å². The van der Waals surface area contributed by atoms with Crippen LogP contribution in [0.15, 0.2) is 115 Å². The van der Waals surface area contributed by atoms with E-state index in [2.05, 4.69) is 109 Å². The van der Waals surface area contributed by atoms with Gasteiger partial charge < -0.3 is 9.47 Å². The van der Waals surface area contributed by atoms with Crippen molar-refractivity contribution in [3.05, 3.63) is 121 Å². The topological polar surface area (TPSA) is 42.2 Å². The fraction of sp³-hybridized carbons (Fsp3) is 0.0465. The monoisotopic (exact) mass is 587 g/mol. The van der Waals surface area contributed by atoms with Crippen molar-refractivity contribution in [3.63, 3.8) is 0 Å². The molecule has 0 N–H and O–H groups in total. The second kappa shape index (κ2) is 8.97. The summed E-state index contributed by atoms with van der Waals surface area (Å²) in [5, 5.41) is 29.2. The Hall–Kier alpha value is -6.11.